The molecule has 2 aliphatic heterocycles. The first kappa shape index (κ1) is 24.4. The number of rotatable bonds is 7. The molecule has 2 fully saturated rings. The lowest BCUT2D eigenvalue weighted by molar-refractivity contribution is -0.172. The Labute approximate surface area is 218 Å². The van der Waals surface area contributed by atoms with Crippen LogP contribution in [0.25, 0.3) is 0 Å². The lowest BCUT2D eigenvalue weighted by Gasteiger charge is -2.53. The van der Waals surface area contributed by atoms with E-state index >= 15 is 0 Å². The first-order valence-electron chi connectivity index (χ1n) is 11.6. The van der Waals surface area contributed by atoms with Crippen molar-refractivity contribution in [1.29, 1.82) is 0 Å². The zero-order valence-corrected chi connectivity index (χ0v) is 20.9. The number of aliphatic hydroxyl groups excluding tert-OH is 1. The minimum absolute atomic E-state index is 0.277. The average molecular weight is 520 g/mol. The third-order valence-electron chi connectivity index (χ3n) is 6.29. The highest BCUT2D eigenvalue weighted by molar-refractivity contribution is 8.00. The number of aromatic nitrogens is 1. The number of thiocarbonyl (C=S) groups is 1. The van der Waals surface area contributed by atoms with Crippen LogP contribution >= 0.6 is 24.0 Å². The van der Waals surface area contributed by atoms with Gasteiger partial charge in [0.05, 0.1) is 11.1 Å². The smallest absolute Gasteiger partial charge is 0.332 e. The van der Waals surface area contributed by atoms with E-state index in [0.717, 1.165) is 16.7 Å². The normalized spacial score (nSPS) is 22.9. The number of thioether (sulfide) groups is 1. The van der Waals surface area contributed by atoms with Crippen LogP contribution in [0.4, 0.5) is 0 Å². The van der Waals surface area contributed by atoms with E-state index in [1.165, 1.54) is 16.7 Å². The summed E-state index contributed by atoms with van der Waals surface area (Å²) in [7, 11) is 0. The molecule has 9 heteroatoms. The van der Waals surface area contributed by atoms with Gasteiger partial charge in [0, 0.05) is 24.6 Å². The number of fused-ring (bicyclic) bond motifs is 1. The number of nitrogens with zero attached hydrogens (tertiary/aromatic N) is 2. The fourth-order valence-corrected chi connectivity index (χ4v) is 6.16. The van der Waals surface area contributed by atoms with Gasteiger partial charge < -0.3 is 20.1 Å². The zero-order chi connectivity index (χ0) is 25.1. The summed E-state index contributed by atoms with van der Waals surface area (Å²) in [4.78, 5) is 32.5. The van der Waals surface area contributed by atoms with Crippen molar-refractivity contribution in [2.75, 3.05) is 5.75 Å². The molecule has 5 rings (SSSR count). The number of carbonyl (C=O) groups is 2. The van der Waals surface area contributed by atoms with E-state index in [4.69, 9.17) is 17.0 Å². The number of ether oxygens (including phenoxy) is 1. The number of carbonyl (C=O) groups excluding carboxylic acids is 2. The second-order valence-electron chi connectivity index (χ2n) is 8.70. The summed E-state index contributed by atoms with van der Waals surface area (Å²) in [5, 5.41) is 13.6. The largest absolute Gasteiger partial charge is 0.451 e. The molecule has 2 aromatic carbocycles. The molecule has 0 radical (unpaired) electrons. The predicted molar refractivity (Wildman–Crippen MR) is 141 cm³/mol. The standard InChI is InChI=1S/C27H25N3O4S2/c31-20-16-36-26-22(29-21(35)15-17-11-13-28-14-12-17)25(32)30(26)23(20)27(33)34-24(18-7-3-1-4-8-18)19-9-5-2-6-10-19/h1-14,20,22-24,26,31H,15-16H2,(H,29,35)/t20?,22-,23-,26+/m1/s1. The van der Waals surface area contributed by atoms with E-state index in [9.17, 15) is 14.7 Å². The molecular formula is C27H25N3O4S2. The van der Waals surface area contributed by atoms with Crippen molar-refractivity contribution in [2.45, 2.75) is 36.1 Å². The SMILES string of the molecule is O=C(OC(c1ccccc1)c1ccccc1)[C@H]1C(O)CS[C@H]2[C@H](NC(=S)Cc3ccncc3)C(=O)N12. The van der Waals surface area contributed by atoms with Crippen molar-refractivity contribution in [3.8, 4) is 0 Å². The van der Waals surface area contributed by atoms with E-state index in [1.54, 1.807) is 12.4 Å². The van der Waals surface area contributed by atoms with Gasteiger partial charge >= 0.3 is 5.97 Å². The van der Waals surface area contributed by atoms with Crippen molar-refractivity contribution in [2.24, 2.45) is 0 Å². The van der Waals surface area contributed by atoms with Crippen LogP contribution in [0.15, 0.2) is 85.2 Å². The van der Waals surface area contributed by atoms with Gasteiger partial charge in [-0.25, -0.2) is 4.79 Å². The molecule has 0 aliphatic carbocycles. The monoisotopic (exact) mass is 519 g/mol. The van der Waals surface area contributed by atoms with Gasteiger partial charge in [0.1, 0.15) is 11.4 Å². The molecule has 36 heavy (non-hydrogen) atoms. The molecule has 4 atom stereocenters. The Balaban J connectivity index is 1.30. The van der Waals surface area contributed by atoms with Gasteiger partial charge in [-0.1, -0.05) is 72.9 Å². The first-order chi connectivity index (χ1) is 17.5. The summed E-state index contributed by atoms with van der Waals surface area (Å²) in [5.41, 5.74) is 2.61. The molecule has 1 aromatic heterocycles. The fourth-order valence-electron chi connectivity index (χ4n) is 4.52. The number of aliphatic hydroxyl groups is 1. The maximum atomic E-state index is 13.4. The topological polar surface area (TPSA) is 91.8 Å². The summed E-state index contributed by atoms with van der Waals surface area (Å²) in [6, 6.07) is 21.0. The van der Waals surface area contributed by atoms with E-state index < -0.39 is 30.3 Å². The number of hydrogen-bond donors (Lipinski definition) is 2. The van der Waals surface area contributed by atoms with Gasteiger partial charge in [-0.05, 0) is 28.8 Å². The van der Waals surface area contributed by atoms with E-state index in [2.05, 4.69) is 10.3 Å². The van der Waals surface area contributed by atoms with Gasteiger partial charge in [0.25, 0.3) is 0 Å². The number of hydrogen-bond acceptors (Lipinski definition) is 7. The molecule has 1 unspecified atom stereocenters. The molecule has 2 N–H and O–H groups in total. The van der Waals surface area contributed by atoms with Crippen molar-refractivity contribution >= 4 is 40.8 Å². The van der Waals surface area contributed by atoms with Crippen LogP contribution in [0.5, 0.6) is 0 Å². The molecule has 7 nitrogen and oxygen atoms in total. The molecule has 3 heterocycles. The summed E-state index contributed by atoms with van der Waals surface area (Å²) in [6.07, 6.45) is 2.20. The van der Waals surface area contributed by atoms with Crippen LogP contribution in [0.1, 0.15) is 22.8 Å². The minimum atomic E-state index is -1.08. The maximum Gasteiger partial charge on any atom is 0.332 e. The molecule has 1 amide bonds. The zero-order valence-electron chi connectivity index (χ0n) is 19.3. The van der Waals surface area contributed by atoms with Crippen LogP contribution in [0.3, 0.4) is 0 Å². The number of amides is 1. The Morgan fingerprint density at radius 3 is 2.31 bits per heavy atom. The molecule has 3 aromatic rings. The highest BCUT2D eigenvalue weighted by Crippen LogP contribution is 2.39. The van der Waals surface area contributed by atoms with Crippen LogP contribution in [0.2, 0.25) is 0 Å². The summed E-state index contributed by atoms with van der Waals surface area (Å²) in [5.74, 6) is -0.594. The van der Waals surface area contributed by atoms with Crippen molar-refractivity contribution in [3.63, 3.8) is 0 Å². The molecule has 2 aliphatic rings. The van der Waals surface area contributed by atoms with Gasteiger partial charge in [0.15, 0.2) is 12.1 Å². The second kappa shape index (κ2) is 10.8. The third-order valence-corrected chi connectivity index (χ3v) is 7.93. The highest BCUT2D eigenvalue weighted by Gasteiger charge is 2.58. The number of benzene rings is 2. The number of nitrogens with one attached hydrogen (secondary N) is 1. The van der Waals surface area contributed by atoms with Gasteiger partial charge in [-0.2, -0.15) is 0 Å². The Morgan fingerprint density at radius 2 is 1.69 bits per heavy atom. The maximum absolute atomic E-state index is 13.4. The van der Waals surface area contributed by atoms with Crippen LogP contribution < -0.4 is 5.32 Å². The number of esters is 1. The number of β-lactam (4-membered cyclic amide) rings is 1. The van der Waals surface area contributed by atoms with Crippen LogP contribution in [-0.2, 0) is 20.7 Å². The Hall–Kier alpha value is -3.27. The van der Waals surface area contributed by atoms with Crippen LogP contribution in [0, 0.1) is 0 Å². The van der Waals surface area contributed by atoms with Crippen LogP contribution in [-0.4, -0.2) is 61.2 Å². The molecule has 2 saturated heterocycles. The second-order valence-corrected chi connectivity index (χ2v) is 10.3. The fraction of sp³-hybridized carbons (Fsp3) is 0.259. The third kappa shape index (κ3) is 5.00. The molecule has 0 bridgehead atoms. The number of pyridine rings is 1. The van der Waals surface area contributed by atoms with E-state index in [-0.39, 0.29) is 11.3 Å². The summed E-state index contributed by atoms with van der Waals surface area (Å²) < 4.78 is 5.97. The first-order valence-corrected chi connectivity index (χ1v) is 13.1. The Bertz CT molecular complexity index is 1190. The summed E-state index contributed by atoms with van der Waals surface area (Å²) >= 11 is 6.91. The van der Waals surface area contributed by atoms with Crippen molar-refractivity contribution < 1.29 is 19.4 Å². The highest BCUT2D eigenvalue weighted by atomic mass is 32.2. The van der Waals surface area contributed by atoms with Gasteiger partial charge in [-0.3, -0.25) is 9.78 Å². The van der Waals surface area contributed by atoms with E-state index in [0.29, 0.717) is 17.2 Å². The average Bonchev–Trinajstić information content (AvgIpc) is 2.91. The quantitative estimate of drug-likeness (QED) is 0.280. The predicted octanol–water partition coefficient (Wildman–Crippen LogP) is 2.89. The van der Waals surface area contributed by atoms with Gasteiger partial charge in [0.2, 0.25) is 5.91 Å². The molecular weight excluding hydrogens is 494 g/mol. The van der Waals surface area contributed by atoms with Crippen molar-refractivity contribution in [3.05, 3.63) is 102 Å². The summed E-state index contributed by atoms with van der Waals surface area (Å²) in [6.45, 7) is 0. The minimum Gasteiger partial charge on any atom is -0.451 e. The Kier molecular flexibility index (Phi) is 7.31. The molecule has 0 saturated carbocycles. The van der Waals surface area contributed by atoms with Crippen molar-refractivity contribution in [1.82, 2.24) is 15.2 Å². The van der Waals surface area contributed by atoms with Gasteiger partial charge in [-0.15, -0.1) is 11.8 Å². The molecule has 184 valence electrons. The lowest BCUT2D eigenvalue weighted by atomic mass is 9.98. The lowest BCUT2D eigenvalue weighted by Crippen LogP contribution is -2.76. The van der Waals surface area contributed by atoms with E-state index in [1.807, 2.05) is 72.8 Å². The molecule has 0 spiro atoms. The Morgan fingerprint density at radius 1 is 1.08 bits per heavy atom.